The summed E-state index contributed by atoms with van der Waals surface area (Å²) in [4.78, 5) is 16.1. The van der Waals surface area contributed by atoms with Crippen molar-refractivity contribution in [3.63, 3.8) is 0 Å². The van der Waals surface area contributed by atoms with Crippen LogP contribution in [-0.4, -0.2) is 32.8 Å². The highest BCUT2D eigenvalue weighted by molar-refractivity contribution is 5.97. The van der Waals surface area contributed by atoms with Gasteiger partial charge in [-0.15, -0.1) is 0 Å². The van der Waals surface area contributed by atoms with Crippen molar-refractivity contribution in [2.75, 3.05) is 7.11 Å². The second kappa shape index (κ2) is 5.14. The molecule has 0 atom stereocenters. The first-order valence-electron chi connectivity index (χ1n) is 6.73. The fraction of sp³-hybridized carbons (Fsp3) is 0.188. The molecule has 0 unspecified atom stereocenters. The zero-order chi connectivity index (χ0) is 15.9. The number of phenols is 1. The molecule has 0 amide bonds. The maximum atomic E-state index is 12.0. The molecule has 0 aliphatic carbocycles. The Labute approximate surface area is 127 Å². The second-order valence-corrected chi connectivity index (χ2v) is 5.12. The quantitative estimate of drug-likeness (QED) is 0.735. The number of ether oxygens (including phenoxy) is 1. The van der Waals surface area contributed by atoms with E-state index in [1.807, 2.05) is 13.8 Å². The van der Waals surface area contributed by atoms with Crippen molar-refractivity contribution in [3.05, 3.63) is 47.4 Å². The highest BCUT2D eigenvalue weighted by Crippen LogP contribution is 2.31. The lowest BCUT2D eigenvalue weighted by molar-refractivity contribution is 0.0602. The molecule has 22 heavy (non-hydrogen) atoms. The second-order valence-electron chi connectivity index (χ2n) is 5.12. The zero-order valence-corrected chi connectivity index (χ0v) is 12.5. The van der Waals surface area contributed by atoms with Gasteiger partial charge in [-0.1, -0.05) is 0 Å². The van der Waals surface area contributed by atoms with Gasteiger partial charge >= 0.3 is 5.97 Å². The SMILES string of the molecule is COC(=O)c1cc(-c2c(C)cc(O)cc2C)cn2ncnc12. The van der Waals surface area contributed by atoms with Gasteiger partial charge in [-0.3, -0.25) is 0 Å². The van der Waals surface area contributed by atoms with Crippen LogP contribution in [-0.2, 0) is 4.74 Å². The number of carbonyl (C=O) groups is 1. The summed E-state index contributed by atoms with van der Waals surface area (Å²) in [5.41, 5.74) is 4.38. The van der Waals surface area contributed by atoms with Crippen molar-refractivity contribution >= 4 is 11.6 Å². The Bertz CT molecular complexity index is 860. The van der Waals surface area contributed by atoms with Gasteiger partial charge in [0.1, 0.15) is 17.6 Å². The van der Waals surface area contributed by atoms with E-state index in [1.165, 1.54) is 13.4 Å². The summed E-state index contributed by atoms with van der Waals surface area (Å²) in [5, 5.41) is 13.8. The Hall–Kier alpha value is -2.89. The molecule has 2 aromatic heterocycles. The molecule has 0 saturated carbocycles. The number of aromatic hydroxyl groups is 1. The number of phenolic OH excluding ortho intramolecular Hbond substituents is 1. The predicted octanol–water partition coefficient (Wildman–Crippen LogP) is 2.51. The highest BCUT2D eigenvalue weighted by atomic mass is 16.5. The molecule has 2 heterocycles. The van der Waals surface area contributed by atoms with Gasteiger partial charge in [-0.25, -0.2) is 14.3 Å². The number of hydrogen-bond donors (Lipinski definition) is 1. The summed E-state index contributed by atoms with van der Waals surface area (Å²) in [5.74, 6) is -0.247. The Morgan fingerprint density at radius 2 is 1.91 bits per heavy atom. The van der Waals surface area contributed by atoms with Gasteiger partial charge in [0.15, 0.2) is 5.65 Å². The van der Waals surface area contributed by atoms with Crippen LogP contribution in [0.5, 0.6) is 5.75 Å². The number of hydrogen-bond acceptors (Lipinski definition) is 5. The van der Waals surface area contributed by atoms with Crippen LogP contribution in [0.15, 0.2) is 30.7 Å². The summed E-state index contributed by atoms with van der Waals surface area (Å²) in [6, 6.07) is 5.11. The lowest BCUT2D eigenvalue weighted by Gasteiger charge is -2.12. The van der Waals surface area contributed by atoms with Gasteiger partial charge in [0.05, 0.1) is 7.11 Å². The van der Waals surface area contributed by atoms with Gasteiger partial charge in [0, 0.05) is 11.8 Å². The third kappa shape index (κ3) is 2.18. The van der Waals surface area contributed by atoms with Crippen LogP contribution in [0.3, 0.4) is 0 Å². The van der Waals surface area contributed by atoms with E-state index in [2.05, 4.69) is 10.1 Å². The number of benzene rings is 1. The molecule has 0 spiro atoms. The van der Waals surface area contributed by atoms with E-state index in [9.17, 15) is 9.90 Å². The third-order valence-corrected chi connectivity index (χ3v) is 3.59. The average Bonchev–Trinajstić information content (AvgIpc) is 2.92. The summed E-state index contributed by atoms with van der Waals surface area (Å²) in [7, 11) is 1.33. The predicted molar refractivity (Wildman–Crippen MR) is 80.9 cm³/mol. The Balaban J connectivity index is 2.31. The Kier molecular flexibility index (Phi) is 3.29. The van der Waals surface area contributed by atoms with Crippen LogP contribution in [0, 0.1) is 13.8 Å². The molecule has 6 heteroatoms. The first kappa shape index (κ1) is 14.1. The molecule has 1 aromatic carbocycles. The van der Waals surface area contributed by atoms with Crippen LogP contribution in [0.2, 0.25) is 0 Å². The first-order valence-corrected chi connectivity index (χ1v) is 6.73. The topological polar surface area (TPSA) is 76.7 Å². The number of nitrogens with zero attached hydrogens (tertiary/aromatic N) is 3. The largest absolute Gasteiger partial charge is 0.508 e. The number of rotatable bonds is 2. The van der Waals surface area contributed by atoms with E-state index in [4.69, 9.17) is 4.74 Å². The van der Waals surface area contributed by atoms with Crippen molar-refractivity contribution in [2.45, 2.75) is 13.8 Å². The Morgan fingerprint density at radius 3 is 2.55 bits per heavy atom. The minimum atomic E-state index is -0.464. The molecule has 0 aliphatic rings. The number of pyridine rings is 1. The molecule has 112 valence electrons. The lowest BCUT2D eigenvalue weighted by Crippen LogP contribution is -2.06. The van der Waals surface area contributed by atoms with Crippen molar-refractivity contribution in [1.29, 1.82) is 0 Å². The van der Waals surface area contributed by atoms with Crippen LogP contribution < -0.4 is 0 Å². The van der Waals surface area contributed by atoms with Gasteiger partial charge < -0.3 is 9.84 Å². The van der Waals surface area contributed by atoms with E-state index in [1.54, 1.807) is 28.9 Å². The van der Waals surface area contributed by atoms with E-state index in [0.717, 1.165) is 22.3 Å². The molecular formula is C16H15N3O3. The van der Waals surface area contributed by atoms with Crippen LogP contribution in [0.1, 0.15) is 21.5 Å². The van der Waals surface area contributed by atoms with Gasteiger partial charge in [-0.2, -0.15) is 5.10 Å². The van der Waals surface area contributed by atoms with Crippen LogP contribution in [0.25, 0.3) is 16.8 Å². The monoisotopic (exact) mass is 297 g/mol. The molecular weight excluding hydrogens is 282 g/mol. The molecule has 1 N–H and O–H groups in total. The molecule has 0 radical (unpaired) electrons. The van der Waals surface area contributed by atoms with Crippen molar-refractivity contribution in [3.8, 4) is 16.9 Å². The van der Waals surface area contributed by atoms with Crippen molar-refractivity contribution < 1.29 is 14.6 Å². The summed E-state index contributed by atoms with van der Waals surface area (Å²) < 4.78 is 6.37. The number of esters is 1. The standard InChI is InChI=1S/C16H15N3O3/c1-9-4-12(20)5-10(2)14(9)11-6-13(16(21)22-3)15-17-8-18-19(15)7-11/h4-8,20H,1-3H3. The third-order valence-electron chi connectivity index (χ3n) is 3.59. The smallest absolute Gasteiger partial charge is 0.341 e. The number of aryl methyl sites for hydroxylation is 2. The Morgan fingerprint density at radius 1 is 1.23 bits per heavy atom. The van der Waals surface area contributed by atoms with Gasteiger partial charge in [0.2, 0.25) is 0 Å². The number of methoxy groups -OCH3 is 1. The molecule has 0 saturated heterocycles. The maximum Gasteiger partial charge on any atom is 0.341 e. The summed E-state index contributed by atoms with van der Waals surface area (Å²) in [6.07, 6.45) is 3.20. The number of fused-ring (bicyclic) bond motifs is 1. The highest BCUT2D eigenvalue weighted by Gasteiger charge is 2.17. The van der Waals surface area contributed by atoms with Crippen molar-refractivity contribution in [2.24, 2.45) is 0 Å². The molecule has 0 fully saturated rings. The molecule has 6 nitrogen and oxygen atoms in total. The van der Waals surface area contributed by atoms with Gasteiger partial charge in [-0.05, 0) is 48.7 Å². The molecule has 3 rings (SSSR count). The lowest BCUT2D eigenvalue weighted by atomic mass is 9.95. The fourth-order valence-electron chi connectivity index (χ4n) is 2.72. The normalized spacial score (nSPS) is 10.9. The maximum absolute atomic E-state index is 12.0. The van der Waals surface area contributed by atoms with Gasteiger partial charge in [0.25, 0.3) is 0 Å². The average molecular weight is 297 g/mol. The van der Waals surface area contributed by atoms with E-state index >= 15 is 0 Å². The van der Waals surface area contributed by atoms with Crippen molar-refractivity contribution in [1.82, 2.24) is 14.6 Å². The van der Waals surface area contributed by atoms with E-state index in [-0.39, 0.29) is 5.75 Å². The minimum Gasteiger partial charge on any atom is -0.508 e. The zero-order valence-electron chi connectivity index (χ0n) is 12.5. The number of aromatic nitrogens is 3. The summed E-state index contributed by atoms with van der Waals surface area (Å²) >= 11 is 0. The molecule has 0 aliphatic heterocycles. The van der Waals surface area contributed by atoms with E-state index < -0.39 is 5.97 Å². The first-order chi connectivity index (χ1) is 10.5. The van der Waals surface area contributed by atoms with E-state index in [0.29, 0.717) is 11.2 Å². The van der Waals surface area contributed by atoms with Crippen LogP contribution >= 0.6 is 0 Å². The molecule has 3 aromatic rings. The summed E-state index contributed by atoms with van der Waals surface area (Å²) in [6.45, 7) is 3.82. The fourth-order valence-corrected chi connectivity index (χ4v) is 2.72. The van der Waals surface area contributed by atoms with Crippen LogP contribution in [0.4, 0.5) is 0 Å². The molecule has 0 bridgehead atoms. The number of carbonyl (C=O) groups excluding carboxylic acids is 1. The minimum absolute atomic E-state index is 0.216.